The van der Waals surface area contributed by atoms with Crippen molar-refractivity contribution >= 4 is 35.2 Å². The monoisotopic (exact) mass is 482 g/mol. The number of nitrogens with zero attached hydrogens (tertiary/aromatic N) is 6. The SMILES string of the molecule is Cc1ccc([N+](C)(C)c2ncc(N(C)C)c([N+](C)(C)CC(C)C3CCCCN3)n2)cc1N(C)C=N. The van der Waals surface area contributed by atoms with Gasteiger partial charge in [-0.1, -0.05) is 19.4 Å². The molecule has 1 aromatic heterocycles. The number of rotatable bonds is 9. The Bertz CT molecular complexity index is 1020. The molecule has 2 atom stereocenters. The zero-order valence-electron chi connectivity index (χ0n) is 23.3. The highest BCUT2D eigenvalue weighted by molar-refractivity contribution is 5.80. The molecule has 0 saturated carbocycles. The van der Waals surface area contributed by atoms with Crippen molar-refractivity contribution in [2.24, 2.45) is 5.92 Å². The minimum Gasteiger partial charge on any atom is -0.370 e. The van der Waals surface area contributed by atoms with Gasteiger partial charge in [-0.05, 0) is 31.9 Å². The number of aromatic nitrogens is 2. The summed E-state index contributed by atoms with van der Waals surface area (Å²) in [5.74, 6) is 2.34. The fraction of sp³-hybridized carbons (Fsp3) is 0.593. The van der Waals surface area contributed by atoms with Gasteiger partial charge in [-0.15, -0.1) is 4.98 Å². The predicted molar refractivity (Wildman–Crippen MR) is 151 cm³/mol. The number of aryl methyl sites for hydroxylation is 1. The van der Waals surface area contributed by atoms with Crippen molar-refractivity contribution in [2.75, 3.05) is 72.2 Å². The van der Waals surface area contributed by atoms with E-state index in [0.717, 1.165) is 47.5 Å². The molecule has 192 valence electrons. The number of hydrogen-bond donors (Lipinski definition) is 2. The lowest BCUT2D eigenvalue weighted by molar-refractivity contribution is 0.245. The Labute approximate surface area is 212 Å². The van der Waals surface area contributed by atoms with Gasteiger partial charge in [-0.2, -0.15) is 4.98 Å². The molecule has 2 N–H and O–H groups in total. The Morgan fingerprint density at radius 3 is 2.46 bits per heavy atom. The van der Waals surface area contributed by atoms with Crippen LogP contribution in [0.5, 0.6) is 0 Å². The fourth-order valence-corrected chi connectivity index (χ4v) is 5.20. The molecule has 1 aliphatic rings. The number of quaternary nitrogens is 2. The van der Waals surface area contributed by atoms with Gasteiger partial charge in [0.2, 0.25) is 0 Å². The minimum atomic E-state index is 0.416. The van der Waals surface area contributed by atoms with Crippen molar-refractivity contribution in [2.45, 2.75) is 39.2 Å². The van der Waals surface area contributed by atoms with Gasteiger partial charge in [0, 0.05) is 45.2 Å². The molecule has 1 aliphatic heterocycles. The quantitative estimate of drug-likeness (QED) is 0.319. The Morgan fingerprint density at radius 1 is 1.14 bits per heavy atom. The molecule has 0 spiro atoms. The lowest BCUT2D eigenvalue weighted by Crippen LogP contribution is -2.51. The lowest BCUT2D eigenvalue weighted by atomic mass is 9.92. The normalized spacial score (nSPS) is 17.7. The van der Waals surface area contributed by atoms with Crippen molar-refractivity contribution < 1.29 is 0 Å². The van der Waals surface area contributed by atoms with Crippen LogP contribution in [0.2, 0.25) is 0 Å². The van der Waals surface area contributed by atoms with Gasteiger partial charge in [-0.25, -0.2) is 4.48 Å². The van der Waals surface area contributed by atoms with Crippen molar-refractivity contribution in [3.05, 3.63) is 30.0 Å². The van der Waals surface area contributed by atoms with Gasteiger partial charge in [0.1, 0.15) is 11.4 Å². The Hall–Kier alpha value is -2.55. The third-order valence-corrected chi connectivity index (χ3v) is 7.48. The van der Waals surface area contributed by atoms with Crippen LogP contribution in [0.4, 0.5) is 28.8 Å². The second-order valence-electron chi connectivity index (χ2n) is 11.3. The first-order chi connectivity index (χ1) is 16.4. The maximum absolute atomic E-state index is 7.68. The standard InChI is InChI=1S/C27H46N8/c1-20-13-14-22(16-24(20)33(5)19-28)35(8,9)27-30-17-25(32(3)4)26(31-27)34(6,7)18-21(2)23-12-10-11-15-29-23/h13-14,16-17,19,21,23,28-29H,10-12,15,18H2,1-9H3/q+2. The number of piperidine rings is 1. The van der Waals surface area contributed by atoms with E-state index in [1.54, 1.807) is 0 Å². The summed E-state index contributed by atoms with van der Waals surface area (Å²) in [5.41, 5.74) is 4.27. The van der Waals surface area contributed by atoms with Gasteiger partial charge in [0.25, 0.3) is 5.82 Å². The highest BCUT2D eigenvalue weighted by atomic mass is 15.4. The summed E-state index contributed by atoms with van der Waals surface area (Å²) in [4.78, 5) is 14.0. The van der Waals surface area contributed by atoms with Gasteiger partial charge >= 0.3 is 5.95 Å². The van der Waals surface area contributed by atoms with Crippen molar-refractivity contribution in [1.29, 1.82) is 5.41 Å². The molecular weight excluding hydrogens is 436 g/mol. The van der Waals surface area contributed by atoms with Crippen LogP contribution in [0, 0.1) is 18.3 Å². The first kappa shape index (κ1) is 27.0. The van der Waals surface area contributed by atoms with Crippen LogP contribution in [0.15, 0.2) is 24.4 Å². The lowest BCUT2D eigenvalue weighted by Gasteiger charge is -2.37. The molecule has 0 amide bonds. The van der Waals surface area contributed by atoms with Crippen LogP contribution in [0.3, 0.4) is 0 Å². The second-order valence-corrected chi connectivity index (χ2v) is 11.3. The molecule has 1 aromatic carbocycles. The number of hydrogen-bond acceptors (Lipinski definition) is 5. The van der Waals surface area contributed by atoms with E-state index in [2.05, 4.69) is 84.5 Å². The second kappa shape index (κ2) is 10.6. The minimum absolute atomic E-state index is 0.416. The van der Waals surface area contributed by atoms with E-state index in [4.69, 9.17) is 15.4 Å². The molecule has 1 saturated heterocycles. The molecular formula is C27H46N8+2. The van der Waals surface area contributed by atoms with Gasteiger partial charge in [0.05, 0.1) is 53.0 Å². The Morgan fingerprint density at radius 2 is 1.86 bits per heavy atom. The summed E-state index contributed by atoms with van der Waals surface area (Å²) in [7, 11) is 14.8. The van der Waals surface area contributed by atoms with Crippen molar-refractivity contribution in [1.82, 2.24) is 24.3 Å². The molecule has 2 unspecified atom stereocenters. The predicted octanol–water partition coefficient (Wildman–Crippen LogP) is 4.14. The van der Waals surface area contributed by atoms with E-state index >= 15 is 0 Å². The Balaban J connectivity index is 2.01. The third-order valence-electron chi connectivity index (χ3n) is 7.48. The summed E-state index contributed by atoms with van der Waals surface area (Å²) in [6.07, 6.45) is 7.16. The molecule has 8 nitrogen and oxygen atoms in total. The molecule has 2 heterocycles. The van der Waals surface area contributed by atoms with Crippen LogP contribution < -0.4 is 24.1 Å². The molecule has 0 aliphatic carbocycles. The number of benzene rings is 1. The molecule has 1 fully saturated rings. The Kier molecular flexibility index (Phi) is 8.19. The first-order valence-electron chi connectivity index (χ1n) is 12.7. The molecule has 3 rings (SSSR count). The van der Waals surface area contributed by atoms with E-state index < -0.39 is 0 Å². The summed E-state index contributed by atoms with van der Waals surface area (Å²) in [6, 6.07) is 6.95. The molecule has 0 bridgehead atoms. The average Bonchev–Trinajstić information content (AvgIpc) is 2.83. The van der Waals surface area contributed by atoms with Gasteiger partial charge in [-0.3, -0.25) is 9.89 Å². The van der Waals surface area contributed by atoms with Crippen LogP contribution in [0.25, 0.3) is 0 Å². The molecule has 2 aromatic rings. The number of anilines is 2. The van der Waals surface area contributed by atoms with E-state index in [9.17, 15) is 0 Å². The molecule has 0 radical (unpaired) electrons. The van der Waals surface area contributed by atoms with E-state index in [-0.39, 0.29) is 0 Å². The topological polar surface area (TPSA) is 68.1 Å². The van der Waals surface area contributed by atoms with Crippen LogP contribution in [-0.4, -0.2) is 84.8 Å². The van der Waals surface area contributed by atoms with Crippen LogP contribution >= 0.6 is 0 Å². The number of nitrogens with one attached hydrogen (secondary N) is 2. The third kappa shape index (κ3) is 5.82. The molecule has 8 heteroatoms. The summed E-state index contributed by atoms with van der Waals surface area (Å²) in [6.45, 7) is 6.57. The summed E-state index contributed by atoms with van der Waals surface area (Å²) < 4.78 is 1.11. The maximum Gasteiger partial charge on any atom is 0.338 e. The smallest absolute Gasteiger partial charge is 0.338 e. The van der Waals surface area contributed by atoms with E-state index in [0.29, 0.717) is 20.9 Å². The largest absolute Gasteiger partial charge is 0.370 e. The van der Waals surface area contributed by atoms with Crippen molar-refractivity contribution in [3.8, 4) is 0 Å². The van der Waals surface area contributed by atoms with E-state index in [1.165, 1.54) is 25.6 Å². The molecule has 35 heavy (non-hydrogen) atoms. The van der Waals surface area contributed by atoms with Crippen LogP contribution in [-0.2, 0) is 0 Å². The maximum atomic E-state index is 7.68. The van der Waals surface area contributed by atoms with Gasteiger partial charge in [0.15, 0.2) is 0 Å². The highest BCUT2D eigenvalue weighted by Gasteiger charge is 2.36. The zero-order chi connectivity index (χ0) is 26.0. The van der Waals surface area contributed by atoms with Gasteiger partial charge < -0.3 is 15.1 Å². The first-order valence-corrected chi connectivity index (χ1v) is 12.7. The highest BCUT2D eigenvalue weighted by Crippen LogP contribution is 2.37. The zero-order valence-corrected chi connectivity index (χ0v) is 23.3. The summed E-state index contributed by atoms with van der Waals surface area (Å²) >= 11 is 0. The van der Waals surface area contributed by atoms with E-state index in [1.807, 2.05) is 18.1 Å². The fourth-order valence-electron chi connectivity index (χ4n) is 5.20. The average molecular weight is 483 g/mol. The van der Waals surface area contributed by atoms with Crippen molar-refractivity contribution in [3.63, 3.8) is 0 Å². The van der Waals surface area contributed by atoms with Crippen LogP contribution in [0.1, 0.15) is 31.7 Å². The summed E-state index contributed by atoms with van der Waals surface area (Å²) in [5, 5.41) is 11.4.